The first-order valence-corrected chi connectivity index (χ1v) is 9.98. The highest BCUT2D eigenvalue weighted by Gasteiger charge is 2.20. The van der Waals surface area contributed by atoms with E-state index in [4.69, 9.17) is 16.3 Å². The molecule has 0 amide bonds. The zero-order valence-corrected chi connectivity index (χ0v) is 17.2. The number of nitrogens with zero attached hydrogens (tertiary/aromatic N) is 2. The maximum atomic E-state index is 10.3. The minimum Gasteiger partial charge on any atom is -0.491 e. The molecule has 2 aromatic carbocycles. The minimum atomic E-state index is -0.502. The van der Waals surface area contributed by atoms with Crippen molar-refractivity contribution in [3.63, 3.8) is 0 Å². The number of aliphatic hydroxyl groups excluding tert-OH is 1. The third kappa shape index (κ3) is 5.36. The van der Waals surface area contributed by atoms with Gasteiger partial charge in [0.15, 0.2) is 0 Å². The van der Waals surface area contributed by atoms with E-state index in [9.17, 15) is 5.11 Å². The summed E-state index contributed by atoms with van der Waals surface area (Å²) in [7, 11) is 0. The maximum absolute atomic E-state index is 10.3. The highest BCUT2D eigenvalue weighted by Crippen LogP contribution is 2.25. The molecule has 0 saturated carbocycles. The molecule has 1 saturated heterocycles. The summed E-state index contributed by atoms with van der Waals surface area (Å²) in [5, 5.41) is 11.0. The third-order valence-corrected chi connectivity index (χ3v) is 5.37. The zero-order chi connectivity index (χ0) is 18.5. The van der Waals surface area contributed by atoms with Gasteiger partial charge < -0.3 is 14.7 Å². The van der Waals surface area contributed by atoms with Crippen molar-refractivity contribution >= 4 is 33.2 Å². The van der Waals surface area contributed by atoms with Crippen molar-refractivity contribution in [1.29, 1.82) is 0 Å². The summed E-state index contributed by atoms with van der Waals surface area (Å²) in [4.78, 5) is 4.65. The number of hydrogen-bond donors (Lipinski definition) is 1. The standard InChI is InChI=1S/C20H24BrClN2O2/c1-15-2-5-17(22)12-20(15)24-10-8-23(9-11-24)13-18(25)14-26-19-6-3-16(21)4-7-19/h2-7,12,18,25H,8-11,13-14H2,1H3/t18-/m1/s1. The van der Waals surface area contributed by atoms with Crippen LogP contribution in [0.3, 0.4) is 0 Å². The summed E-state index contributed by atoms with van der Waals surface area (Å²) in [6, 6.07) is 13.7. The Morgan fingerprint density at radius 3 is 2.50 bits per heavy atom. The van der Waals surface area contributed by atoms with Gasteiger partial charge in [-0.1, -0.05) is 33.6 Å². The highest BCUT2D eigenvalue weighted by atomic mass is 79.9. The molecule has 0 spiro atoms. The number of anilines is 1. The van der Waals surface area contributed by atoms with E-state index in [1.165, 1.54) is 11.3 Å². The molecule has 1 aliphatic rings. The van der Waals surface area contributed by atoms with Crippen LogP contribution in [0.4, 0.5) is 5.69 Å². The molecule has 1 atom stereocenters. The van der Waals surface area contributed by atoms with E-state index in [0.29, 0.717) is 13.2 Å². The van der Waals surface area contributed by atoms with Crippen LogP contribution >= 0.6 is 27.5 Å². The number of β-amino-alcohol motifs (C(OH)–C–C–N with tert-alkyl or cyclic N) is 1. The Morgan fingerprint density at radius 1 is 1.12 bits per heavy atom. The second-order valence-corrected chi connectivity index (χ2v) is 7.99. The largest absolute Gasteiger partial charge is 0.491 e. The van der Waals surface area contributed by atoms with Gasteiger partial charge in [0.05, 0.1) is 0 Å². The quantitative estimate of drug-likeness (QED) is 0.739. The molecule has 3 rings (SSSR count). The highest BCUT2D eigenvalue weighted by molar-refractivity contribution is 9.10. The molecular weight excluding hydrogens is 416 g/mol. The van der Waals surface area contributed by atoms with E-state index in [1.54, 1.807) is 0 Å². The van der Waals surface area contributed by atoms with Crippen molar-refractivity contribution in [3.05, 3.63) is 57.5 Å². The zero-order valence-electron chi connectivity index (χ0n) is 14.9. The molecule has 1 aliphatic heterocycles. The van der Waals surface area contributed by atoms with Crippen molar-refractivity contribution in [2.24, 2.45) is 0 Å². The monoisotopic (exact) mass is 438 g/mol. The Hall–Kier alpha value is -1.27. The van der Waals surface area contributed by atoms with Gasteiger partial charge in [-0.15, -0.1) is 0 Å². The first-order valence-electron chi connectivity index (χ1n) is 8.81. The first kappa shape index (κ1) is 19.5. The smallest absolute Gasteiger partial charge is 0.119 e. The predicted octanol–water partition coefficient (Wildman–Crippen LogP) is 3.97. The lowest BCUT2D eigenvalue weighted by Crippen LogP contribution is -2.49. The third-order valence-electron chi connectivity index (χ3n) is 4.61. The summed E-state index contributed by atoms with van der Waals surface area (Å²) in [6.45, 7) is 6.74. The lowest BCUT2D eigenvalue weighted by molar-refractivity contribution is 0.0663. The Morgan fingerprint density at radius 2 is 1.81 bits per heavy atom. The Kier molecular flexibility index (Phi) is 6.81. The molecule has 2 aromatic rings. The second-order valence-electron chi connectivity index (χ2n) is 6.64. The van der Waals surface area contributed by atoms with Crippen LogP contribution in [0.25, 0.3) is 0 Å². The molecule has 1 heterocycles. The van der Waals surface area contributed by atoms with E-state index in [2.05, 4.69) is 38.7 Å². The van der Waals surface area contributed by atoms with Crippen LogP contribution in [0.5, 0.6) is 5.75 Å². The molecule has 0 unspecified atom stereocenters. The number of ether oxygens (including phenoxy) is 1. The fourth-order valence-corrected chi connectivity index (χ4v) is 3.60. The maximum Gasteiger partial charge on any atom is 0.119 e. The predicted molar refractivity (Wildman–Crippen MR) is 110 cm³/mol. The molecule has 1 fully saturated rings. The van der Waals surface area contributed by atoms with E-state index in [1.807, 2.05) is 36.4 Å². The summed E-state index contributed by atoms with van der Waals surface area (Å²) < 4.78 is 6.67. The minimum absolute atomic E-state index is 0.301. The summed E-state index contributed by atoms with van der Waals surface area (Å²) in [5.74, 6) is 0.772. The lowest BCUT2D eigenvalue weighted by atomic mass is 10.1. The van der Waals surface area contributed by atoms with E-state index < -0.39 is 6.10 Å². The first-order chi connectivity index (χ1) is 12.5. The Bertz CT molecular complexity index is 718. The van der Waals surface area contributed by atoms with Crippen molar-refractivity contribution in [2.45, 2.75) is 13.0 Å². The number of aliphatic hydroxyl groups is 1. The second kappa shape index (κ2) is 9.09. The van der Waals surface area contributed by atoms with E-state index in [-0.39, 0.29) is 0 Å². The SMILES string of the molecule is Cc1ccc(Cl)cc1N1CCN(C[C@@H](O)COc2ccc(Br)cc2)CC1. The Balaban J connectivity index is 1.44. The molecule has 26 heavy (non-hydrogen) atoms. The number of rotatable bonds is 6. The van der Waals surface area contributed by atoms with Crippen LogP contribution < -0.4 is 9.64 Å². The van der Waals surface area contributed by atoms with Crippen LogP contribution in [0, 0.1) is 6.92 Å². The number of hydrogen-bond acceptors (Lipinski definition) is 4. The topological polar surface area (TPSA) is 35.9 Å². The number of halogens is 2. The van der Waals surface area contributed by atoms with E-state index >= 15 is 0 Å². The Labute approximate surface area is 168 Å². The average molecular weight is 440 g/mol. The molecule has 140 valence electrons. The number of aryl methyl sites for hydroxylation is 1. The van der Waals surface area contributed by atoms with Crippen LogP contribution in [0.2, 0.25) is 5.02 Å². The fraction of sp³-hybridized carbons (Fsp3) is 0.400. The van der Waals surface area contributed by atoms with Crippen LogP contribution in [-0.4, -0.2) is 55.4 Å². The van der Waals surface area contributed by atoms with Crippen molar-refractivity contribution in [1.82, 2.24) is 4.90 Å². The van der Waals surface area contributed by atoms with Crippen molar-refractivity contribution in [3.8, 4) is 5.75 Å². The van der Waals surface area contributed by atoms with Crippen LogP contribution in [-0.2, 0) is 0 Å². The summed E-state index contributed by atoms with van der Waals surface area (Å²) >= 11 is 9.54. The molecule has 6 heteroatoms. The van der Waals surface area contributed by atoms with Crippen molar-refractivity contribution in [2.75, 3.05) is 44.2 Å². The summed E-state index contributed by atoms with van der Waals surface area (Å²) in [5.41, 5.74) is 2.45. The van der Waals surface area contributed by atoms with Crippen molar-refractivity contribution < 1.29 is 9.84 Å². The van der Waals surface area contributed by atoms with E-state index in [0.717, 1.165) is 41.4 Å². The van der Waals surface area contributed by atoms with Gasteiger partial charge in [0.1, 0.15) is 18.5 Å². The van der Waals surface area contributed by atoms with Gasteiger partial charge in [-0.25, -0.2) is 0 Å². The molecule has 0 bridgehead atoms. The molecule has 0 aliphatic carbocycles. The lowest BCUT2D eigenvalue weighted by Gasteiger charge is -2.37. The van der Waals surface area contributed by atoms with Gasteiger partial charge in [-0.3, -0.25) is 4.90 Å². The molecular formula is C20H24BrClN2O2. The van der Waals surface area contributed by atoms with Crippen LogP contribution in [0.15, 0.2) is 46.9 Å². The molecule has 1 N–H and O–H groups in total. The molecule has 4 nitrogen and oxygen atoms in total. The van der Waals surface area contributed by atoms with Gasteiger partial charge in [-0.2, -0.15) is 0 Å². The van der Waals surface area contributed by atoms with Gasteiger partial charge in [0, 0.05) is 47.9 Å². The van der Waals surface area contributed by atoms with Crippen LogP contribution in [0.1, 0.15) is 5.56 Å². The fourth-order valence-electron chi connectivity index (χ4n) is 3.17. The molecule has 0 radical (unpaired) electrons. The van der Waals surface area contributed by atoms with Gasteiger partial charge in [0.2, 0.25) is 0 Å². The average Bonchev–Trinajstić information content (AvgIpc) is 2.64. The van der Waals surface area contributed by atoms with Gasteiger partial charge in [0.25, 0.3) is 0 Å². The number of piperazine rings is 1. The van der Waals surface area contributed by atoms with Gasteiger partial charge in [-0.05, 0) is 48.9 Å². The normalized spacial score (nSPS) is 16.5. The van der Waals surface area contributed by atoms with Gasteiger partial charge >= 0.3 is 0 Å². The molecule has 0 aromatic heterocycles. The summed E-state index contributed by atoms with van der Waals surface area (Å²) in [6.07, 6.45) is -0.502. The number of benzene rings is 2.